The number of amides is 1. The first kappa shape index (κ1) is 17.5. The van der Waals surface area contributed by atoms with Gasteiger partial charge in [0.25, 0.3) is 5.91 Å². The maximum absolute atomic E-state index is 12.3. The number of rotatable bonds is 5. The molecule has 0 aliphatic carbocycles. The molecule has 0 spiro atoms. The highest BCUT2D eigenvalue weighted by Crippen LogP contribution is 2.24. The molecule has 1 aromatic rings. The maximum atomic E-state index is 12.3. The zero-order chi connectivity index (χ0) is 17.0. The van der Waals surface area contributed by atoms with E-state index >= 15 is 0 Å². The maximum Gasteiger partial charge on any atom is 0.254 e. The molecule has 2 heterocycles. The molecule has 1 amide bonds. The number of carbonyl (C=O) groups excluding carboxylic acids is 1. The molecule has 6 nitrogen and oxygen atoms in total. The summed E-state index contributed by atoms with van der Waals surface area (Å²) in [4.78, 5) is 12.3. The highest BCUT2D eigenvalue weighted by atomic mass is 16.5. The van der Waals surface area contributed by atoms with E-state index < -0.39 is 6.10 Å². The van der Waals surface area contributed by atoms with E-state index in [4.69, 9.17) is 14.7 Å². The molecule has 0 saturated carbocycles. The van der Waals surface area contributed by atoms with Crippen molar-refractivity contribution in [3.05, 3.63) is 17.8 Å². The predicted octanol–water partition coefficient (Wildman–Crippen LogP) is 2.64. The van der Waals surface area contributed by atoms with Crippen LogP contribution < -0.4 is 5.32 Å². The van der Waals surface area contributed by atoms with Gasteiger partial charge in [0.15, 0.2) is 0 Å². The summed E-state index contributed by atoms with van der Waals surface area (Å²) in [7, 11) is 0. The highest BCUT2D eigenvalue weighted by molar-refractivity contribution is 5.93. The first-order valence-electron chi connectivity index (χ1n) is 7.98. The Labute approximate surface area is 137 Å². The number of ether oxygens (including phenoxy) is 2. The molecule has 0 radical (unpaired) electrons. The Balaban J connectivity index is 1.98. The number of nitriles is 1. The second kappa shape index (κ2) is 7.16. The second-order valence-corrected chi connectivity index (χ2v) is 6.87. The van der Waals surface area contributed by atoms with Gasteiger partial charge < -0.3 is 19.4 Å². The number of aromatic nitrogens is 1. The minimum Gasteiger partial charge on any atom is -0.376 e. The summed E-state index contributed by atoms with van der Waals surface area (Å²) in [6.07, 6.45) is 3.28. The van der Waals surface area contributed by atoms with Gasteiger partial charge in [0.05, 0.1) is 18.3 Å². The third-order valence-electron chi connectivity index (χ3n) is 3.85. The van der Waals surface area contributed by atoms with Gasteiger partial charge in [-0.2, -0.15) is 5.26 Å². The van der Waals surface area contributed by atoms with Crippen molar-refractivity contribution in [2.24, 2.45) is 0 Å². The summed E-state index contributed by atoms with van der Waals surface area (Å²) in [6, 6.07) is 3.78. The van der Waals surface area contributed by atoms with E-state index in [1.54, 1.807) is 19.2 Å². The van der Waals surface area contributed by atoms with Crippen LogP contribution in [0.3, 0.4) is 0 Å². The van der Waals surface area contributed by atoms with Crippen LogP contribution in [0.4, 0.5) is 5.82 Å². The standard InChI is InChI=1S/C17H25N3O3/c1-12(23-11-14-6-5-7-22-14)16(21)19-15-8-13(9-18)10-20(15)17(2,3)4/h8,10,12,14H,5-7,11H2,1-4H3,(H,19,21)/t12-,14-/m1/s1. The molecule has 0 aromatic carbocycles. The molecule has 1 fully saturated rings. The van der Waals surface area contributed by atoms with Gasteiger partial charge in [-0.15, -0.1) is 0 Å². The molecular formula is C17H25N3O3. The molecule has 1 aliphatic rings. The van der Waals surface area contributed by atoms with Crippen molar-refractivity contribution < 1.29 is 14.3 Å². The van der Waals surface area contributed by atoms with E-state index in [1.807, 2.05) is 25.3 Å². The molecule has 126 valence electrons. The van der Waals surface area contributed by atoms with E-state index in [2.05, 4.69) is 11.4 Å². The van der Waals surface area contributed by atoms with Crippen molar-refractivity contribution in [1.29, 1.82) is 5.26 Å². The third-order valence-corrected chi connectivity index (χ3v) is 3.85. The summed E-state index contributed by atoms with van der Waals surface area (Å²) in [5, 5.41) is 11.9. The normalized spacial score (nSPS) is 19.3. The fourth-order valence-corrected chi connectivity index (χ4v) is 2.51. The van der Waals surface area contributed by atoms with E-state index in [9.17, 15) is 4.79 Å². The zero-order valence-electron chi connectivity index (χ0n) is 14.3. The number of nitrogens with zero attached hydrogens (tertiary/aromatic N) is 2. The smallest absolute Gasteiger partial charge is 0.254 e. The Hall–Kier alpha value is -1.84. The predicted molar refractivity (Wildman–Crippen MR) is 87.2 cm³/mol. The van der Waals surface area contributed by atoms with Crippen LogP contribution in [0.15, 0.2) is 12.3 Å². The number of hydrogen-bond donors (Lipinski definition) is 1. The highest BCUT2D eigenvalue weighted by Gasteiger charge is 2.23. The van der Waals surface area contributed by atoms with E-state index in [1.165, 1.54) is 0 Å². The van der Waals surface area contributed by atoms with Crippen molar-refractivity contribution in [3.8, 4) is 6.07 Å². The van der Waals surface area contributed by atoms with E-state index in [-0.39, 0.29) is 17.6 Å². The van der Waals surface area contributed by atoms with Crippen molar-refractivity contribution in [3.63, 3.8) is 0 Å². The number of nitrogens with one attached hydrogen (secondary N) is 1. The summed E-state index contributed by atoms with van der Waals surface area (Å²) in [6.45, 7) is 8.96. The van der Waals surface area contributed by atoms with Crippen LogP contribution in [0.1, 0.15) is 46.1 Å². The lowest BCUT2D eigenvalue weighted by atomic mass is 10.1. The van der Waals surface area contributed by atoms with Crippen LogP contribution >= 0.6 is 0 Å². The van der Waals surface area contributed by atoms with Crippen molar-refractivity contribution in [1.82, 2.24) is 4.57 Å². The summed E-state index contributed by atoms with van der Waals surface area (Å²) >= 11 is 0. The summed E-state index contributed by atoms with van der Waals surface area (Å²) in [5.41, 5.74) is 0.280. The zero-order valence-corrected chi connectivity index (χ0v) is 14.3. The Kier molecular flexibility index (Phi) is 5.45. The third kappa shape index (κ3) is 4.57. The lowest BCUT2D eigenvalue weighted by Crippen LogP contribution is -2.32. The molecule has 2 atom stereocenters. The van der Waals surface area contributed by atoms with Crippen LogP contribution in [0.2, 0.25) is 0 Å². The molecule has 1 N–H and O–H groups in total. The van der Waals surface area contributed by atoms with Gasteiger partial charge in [0.1, 0.15) is 18.0 Å². The molecule has 1 saturated heterocycles. The average Bonchev–Trinajstić information content (AvgIpc) is 3.13. The van der Waals surface area contributed by atoms with E-state index in [0.29, 0.717) is 18.0 Å². The van der Waals surface area contributed by atoms with E-state index in [0.717, 1.165) is 19.4 Å². The van der Waals surface area contributed by atoms with Gasteiger partial charge in [-0.05, 0) is 46.6 Å². The van der Waals surface area contributed by atoms with Gasteiger partial charge in [-0.1, -0.05) is 0 Å². The lowest BCUT2D eigenvalue weighted by Gasteiger charge is -2.25. The van der Waals surface area contributed by atoms with Gasteiger partial charge in [0.2, 0.25) is 0 Å². The molecule has 0 bridgehead atoms. The largest absolute Gasteiger partial charge is 0.376 e. The minimum atomic E-state index is -0.576. The molecule has 6 heteroatoms. The summed E-state index contributed by atoms with van der Waals surface area (Å²) in [5.74, 6) is 0.378. The quantitative estimate of drug-likeness (QED) is 0.905. The SMILES string of the molecule is C[C@@H](OC[C@H]1CCCO1)C(=O)Nc1cc(C#N)cn1C(C)(C)C. The van der Waals surface area contributed by atoms with Gasteiger partial charge >= 0.3 is 0 Å². The fraction of sp³-hybridized carbons (Fsp3) is 0.647. The monoisotopic (exact) mass is 319 g/mol. The first-order valence-corrected chi connectivity index (χ1v) is 7.98. The molecular weight excluding hydrogens is 294 g/mol. The number of carbonyl (C=O) groups is 1. The minimum absolute atomic E-state index is 0.0916. The van der Waals surface area contributed by atoms with Gasteiger partial charge in [-0.3, -0.25) is 4.79 Å². The lowest BCUT2D eigenvalue weighted by molar-refractivity contribution is -0.128. The van der Waals surface area contributed by atoms with Gasteiger partial charge in [-0.25, -0.2) is 0 Å². The number of hydrogen-bond acceptors (Lipinski definition) is 4. The fourth-order valence-electron chi connectivity index (χ4n) is 2.51. The van der Waals surface area contributed by atoms with Crippen LogP contribution in [0.5, 0.6) is 0 Å². The topological polar surface area (TPSA) is 76.3 Å². The molecule has 0 unspecified atom stereocenters. The molecule has 23 heavy (non-hydrogen) atoms. The van der Waals surface area contributed by atoms with Crippen LogP contribution in [-0.2, 0) is 19.8 Å². The Morgan fingerprint density at radius 3 is 2.91 bits per heavy atom. The number of anilines is 1. The molecule has 1 aromatic heterocycles. The Morgan fingerprint density at radius 2 is 2.35 bits per heavy atom. The van der Waals surface area contributed by atoms with Crippen molar-refractivity contribution in [2.45, 2.75) is 58.3 Å². The van der Waals surface area contributed by atoms with Crippen molar-refractivity contribution in [2.75, 3.05) is 18.5 Å². The van der Waals surface area contributed by atoms with Crippen LogP contribution in [0.25, 0.3) is 0 Å². The second-order valence-electron chi connectivity index (χ2n) is 6.87. The molecule has 2 rings (SSSR count). The van der Waals surface area contributed by atoms with Crippen molar-refractivity contribution >= 4 is 11.7 Å². The Morgan fingerprint density at radius 1 is 1.61 bits per heavy atom. The Bertz CT molecular complexity index is 589. The van der Waals surface area contributed by atoms with Crippen LogP contribution in [0, 0.1) is 11.3 Å². The van der Waals surface area contributed by atoms with Gasteiger partial charge in [0, 0.05) is 18.3 Å². The molecule has 1 aliphatic heterocycles. The average molecular weight is 319 g/mol. The first-order chi connectivity index (χ1) is 10.8. The summed E-state index contributed by atoms with van der Waals surface area (Å²) < 4.78 is 13.0. The van der Waals surface area contributed by atoms with Crippen LogP contribution in [-0.4, -0.2) is 35.9 Å².